The van der Waals surface area contributed by atoms with E-state index in [0.29, 0.717) is 16.3 Å². The van der Waals surface area contributed by atoms with Gasteiger partial charge in [-0.1, -0.05) is 54.1 Å². The molecule has 2 aromatic carbocycles. The molecule has 5 nitrogen and oxygen atoms in total. The summed E-state index contributed by atoms with van der Waals surface area (Å²) in [5.41, 5.74) is 4.46. The maximum Gasteiger partial charge on any atom is 0.259 e. The third-order valence-corrected chi connectivity index (χ3v) is 3.40. The number of benzene rings is 2. The van der Waals surface area contributed by atoms with Crippen LogP contribution in [-0.4, -0.2) is 24.1 Å². The van der Waals surface area contributed by atoms with Gasteiger partial charge >= 0.3 is 0 Å². The summed E-state index contributed by atoms with van der Waals surface area (Å²) >= 11 is 5.83. The van der Waals surface area contributed by atoms with Crippen LogP contribution in [0.1, 0.15) is 22.8 Å². The van der Waals surface area contributed by atoms with Gasteiger partial charge in [0.1, 0.15) is 0 Å². The number of carbonyl (C=O) groups excluding carboxylic acids is 2. The second kappa shape index (κ2) is 9.39. The zero-order valence-corrected chi connectivity index (χ0v) is 14.5. The molecule has 0 bridgehead atoms. The number of allylic oxidation sites excluding steroid dienone is 1. The van der Waals surface area contributed by atoms with Crippen LogP contribution in [0.25, 0.3) is 6.08 Å². The monoisotopic (exact) mass is 355 g/mol. The second-order valence-electron chi connectivity index (χ2n) is 5.23. The Morgan fingerprint density at radius 3 is 2.60 bits per heavy atom. The normalized spacial score (nSPS) is 11.4. The van der Waals surface area contributed by atoms with Gasteiger partial charge < -0.3 is 5.32 Å². The molecule has 0 saturated heterocycles. The largest absolute Gasteiger partial charge is 0.343 e. The first-order chi connectivity index (χ1) is 12.0. The highest BCUT2D eigenvalue weighted by Crippen LogP contribution is 2.10. The molecule has 0 spiro atoms. The minimum absolute atomic E-state index is 0.176. The topological polar surface area (TPSA) is 70.6 Å². The number of nitrogens with zero attached hydrogens (tertiary/aromatic N) is 1. The molecule has 2 rings (SSSR count). The zero-order chi connectivity index (χ0) is 18.1. The van der Waals surface area contributed by atoms with Crippen molar-refractivity contribution in [2.24, 2.45) is 5.10 Å². The van der Waals surface area contributed by atoms with Gasteiger partial charge in [0.05, 0.1) is 12.3 Å². The molecule has 0 unspecified atom stereocenters. The van der Waals surface area contributed by atoms with Crippen molar-refractivity contribution in [3.05, 3.63) is 76.8 Å². The molecule has 0 radical (unpaired) electrons. The van der Waals surface area contributed by atoms with Gasteiger partial charge in [0.15, 0.2) is 0 Å². The van der Waals surface area contributed by atoms with Crippen molar-refractivity contribution in [3.63, 3.8) is 0 Å². The Labute approximate surface area is 151 Å². The van der Waals surface area contributed by atoms with E-state index in [4.69, 9.17) is 11.6 Å². The SMILES string of the molecule is CC(/C=C/c1ccccc1)=N/NC(=O)CNC(=O)c1cccc(Cl)c1. The van der Waals surface area contributed by atoms with Crippen LogP contribution in [0.15, 0.2) is 65.8 Å². The average Bonchev–Trinajstić information content (AvgIpc) is 2.63. The van der Waals surface area contributed by atoms with Crippen molar-refractivity contribution in [1.82, 2.24) is 10.7 Å². The minimum Gasteiger partial charge on any atom is -0.343 e. The summed E-state index contributed by atoms with van der Waals surface area (Å²) in [6, 6.07) is 16.3. The highest BCUT2D eigenvalue weighted by atomic mass is 35.5. The molecule has 0 fully saturated rings. The van der Waals surface area contributed by atoms with E-state index in [1.165, 1.54) is 6.07 Å². The van der Waals surface area contributed by atoms with E-state index in [2.05, 4.69) is 15.8 Å². The third-order valence-electron chi connectivity index (χ3n) is 3.17. The first kappa shape index (κ1) is 18.4. The number of hydrogen-bond acceptors (Lipinski definition) is 3. The highest BCUT2D eigenvalue weighted by Gasteiger charge is 2.07. The van der Waals surface area contributed by atoms with Crippen molar-refractivity contribution in [2.75, 3.05) is 6.54 Å². The first-order valence-electron chi connectivity index (χ1n) is 7.64. The Hall–Kier alpha value is -2.92. The Morgan fingerprint density at radius 2 is 1.88 bits per heavy atom. The minimum atomic E-state index is -0.414. The Balaban J connectivity index is 1.79. The summed E-state index contributed by atoms with van der Waals surface area (Å²) in [5.74, 6) is -0.787. The Morgan fingerprint density at radius 1 is 1.12 bits per heavy atom. The lowest BCUT2D eigenvalue weighted by Gasteiger charge is -2.05. The molecule has 0 aliphatic rings. The number of carbonyl (C=O) groups is 2. The molecule has 2 N–H and O–H groups in total. The number of amides is 2. The molecule has 6 heteroatoms. The van der Waals surface area contributed by atoms with Crippen LogP contribution in [0.4, 0.5) is 0 Å². The lowest BCUT2D eigenvalue weighted by Crippen LogP contribution is -2.35. The molecule has 2 aromatic rings. The highest BCUT2D eigenvalue weighted by molar-refractivity contribution is 6.31. The van der Waals surface area contributed by atoms with Crippen LogP contribution in [0.5, 0.6) is 0 Å². The van der Waals surface area contributed by atoms with Crippen LogP contribution in [-0.2, 0) is 4.79 Å². The predicted octanol–water partition coefficient (Wildman–Crippen LogP) is 3.28. The van der Waals surface area contributed by atoms with Gasteiger partial charge in [0.2, 0.25) is 0 Å². The maximum absolute atomic E-state index is 11.9. The summed E-state index contributed by atoms with van der Waals surface area (Å²) in [5, 5.41) is 6.93. The van der Waals surface area contributed by atoms with E-state index in [-0.39, 0.29) is 12.5 Å². The van der Waals surface area contributed by atoms with Crippen LogP contribution >= 0.6 is 11.6 Å². The van der Waals surface area contributed by atoms with Crippen LogP contribution < -0.4 is 10.7 Å². The smallest absolute Gasteiger partial charge is 0.259 e. The lowest BCUT2D eigenvalue weighted by atomic mass is 10.2. The predicted molar refractivity (Wildman–Crippen MR) is 101 cm³/mol. The quantitative estimate of drug-likeness (QED) is 0.616. The fourth-order valence-corrected chi connectivity index (χ4v) is 2.09. The fraction of sp³-hybridized carbons (Fsp3) is 0.105. The van der Waals surface area contributed by atoms with Crippen LogP contribution in [0.2, 0.25) is 5.02 Å². The Bertz CT molecular complexity index is 801. The van der Waals surface area contributed by atoms with Crippen LogP contribution in [0, 0.1) is 0 Å². The summed E-state index contributed by atoms with van der Waals surface area (Å²) < 4.78 is 0. The average molecular weight is 356 g/mol. The van der Waals surface area contributed by atoms with Gasteiger partial charge in [-0.2, -0.15) is 5.10 Å². The van der Waals surface area contributed by atoms with Crippen molar-refractivity contribution in [2.45, 2.75) is 6.92 Å². The van der Waals surface area contributed by atoms with Gasteiger partial charge in [0, 0.05) is 10.6 Å². The number of hydrogen-bond donors (Lipinski definition) is 2. The summed E-state index contributed by atoms with van der Waals surface area (Å²) in [6.45, 7) is 1.59. The summed E-state index contributed by atoms with van der Waals surface area (Å²) in [4.78, 5) is 23.6. The molecule has 0 aromatic heterocycles. The molecule has 128 valence electrons. The molecular formula is C19H18ClN3O2. The number of rotatable bonds is 6. The van der Waals surface area contributed by atoms with Crippen molar-refractivity contribution in [3.8, 4) is 0 Å². The summed E-state index contributed by atoms with van der Waals surface area (Å²) in [6.07, 6.45) is 3.69. The zero-order valence-electron chi connectivity index (χ0n) is 13.7. The van der Waals surface area contributed by atoms with E-state index < -0.39 is 5.91 Å². The third kappa shape index (κ3) is 6.61. The Kier molecular flexibility index (Phi) is 6.92. The van der Waals surface area contributed by atoms with Gasteiger partial charge in [0.25, 0.3) is 11.8 Å². The van der Waals surface area contributed by atoms with Gasteiger partial charge in [-0.15, -0.1) is 0 Å². The maximum atomic E-state index is 11.9. The van der Waals surface area contributed by atoms with E-state index in [1.807, 2.05) is 36.4 Å². The van der Waals surface area contributed by atoms with Gasteiger partial charge in [-0.05, 0) is 36.8 Å². The fourth-order valence-electron chi connectivity index (χ4n) is 1.90. The molecular weight excluding hydrogens is 338 g/mol. The molecule has 0 aliphatic heterocycles. The molecule has 0 saturated carbocycles. The van der Waals surface area contributed by atoms with Crippen molar-refractivity contribution in [1.29, 1.82) is 0 Å². The standard InChI is InChI=1S/C19H18ClN3O2/c1-14(10-11-15-6-3-2-4-7-15)22-23-18(24)13-21-19(25)16-8-5-9-17(20)12-16/h2-12H,13H2,1H3,(H,21,25)(H,23,24)/b11-10+,22-14-. The lowest BCUT2D eigenvalue weighted by molar-refractivity contribution is -0.120. The molecule has 0 heterocycles. The van der Waals surface area contributed by atoms with Gasteiger partial charge in [-0.3, -0.25) is 9.59 Å². The molecule has 0 atom stereocenters. The van der Waals surface area contributed by atoms with E-state index in [1.54, 1.807) is 31.2 Å². The molecule has 25 heavy (non-hydrogen) atoms. The number of hydrazone groups is 1. The second-order valence-corrected chi connectivity index (χ2v) is 5.66. The molecule has 0 aliphatic carbocycles. The van der Waals surface area contributed by atoms with E-state index in [9.17, 15) is 9.59 Å². The van der Waals surface area contributed by atoms with Crippen molar-refractivity contribution >= 4 is 35.2 Å². The number of halogens is 1. The van der Waals surface area contributed by atoms with Crippen LogP contribution in [0.3, 0.4) is 0 Å². The van der Waals surface area contributed by atoms with E-state index >= 15 is 0 Å². The molecule has 2 amide bonds. The van der Waals surface area contributed by atoms with Gasteiger partial charge in [-0.25, -0.2) is 5.43 Å². The number of nitrogens with one attached hydrogen (secondary N) is 2. The summed E-state index contributed by atoms with van der Waals surface area (Å²) in [7, 11) is 0. The first-order valence-corrected chi connectivity index (χ1v) is 8.02. The van der Waals surface area contributed by atoms with Crippen molar-refractivity contribution < 1.29 is 9.59 Å². The van der Waals surface area contributed by atoms with E-state index in [0.717, 1.165) is 5.56 Å².